The van der Waals surface area contributed by atoms with Gasteiger partial charge in [0.2, 0.25) is 11.0 Å². The molecule has 0 bridgehead atoms. The summed E-state index contributed by atoms with van der Waals surface area (Å²) in [6, 6.07) is 21.3. The highest BCUT2D eigenvalue weighted by atomic mass is 32.2. The van der Waals surface area contributed by atoms with E-state index in [0.29, 0.717) is 16.1 Å². The molecule has 188 valence electrons. The van der Waals surface area contributed by atoms with Gasteiger partial charge in [-0.3, -0.25) is 14.9 Å². The van der Waals surface area contributed by atoms with Gasteiger partial charge in [-0.1, -0.05) is 59.9 Å². The molecule has 0 fully saturated rings. The molecule has 0 radical (unpaired) electrons. The van der Waals surface area contributed by atoms with Crippen LogP contribution in [0.1, 0.15) is 26.5 Å². The van der Waals surface area contributed by atoms with Crippen LogP contribution in [0.3, 0.4) is 0 Å². The van der Waals surface area contributed by atoms with E-state index in [2.05, 4.69) is 26.0 Å². The summed E-state index contributed by atoms with van der Waals surface area (Å²) in [6.07, 6.45) is 1.16. The van der Waals surface area contributed by atoms with E-state index in [4.69, 9.17) is 4.18 Å². The number of rotatable bonds is 9. The van der Waals surface area contributed by atoms with E-state index < -0.39 is 16.0 Å². The van der Waals surface area contributed by atoms with Crippen molar-refractivity contribution in [2.45, 2.75) is 18.2 Å². The summed E-state index contributed by atoms with van der Waals surface area (Å²) >= 11 is 1.07. The molecule has 0 aliphatic carbocycles. The van der Waals surface area contributed by atoms with Crippen molar-refractivity contribution in [3.8, 4) is 5.75 Å². The Balaban J connectivity index is 1.34. The lowest BCUT2D eigenvalue weighted by atomic mass is 10.1. The first-order chi connectivity index (χ1) is 17.8. The SMILES string of the molecule is Cc1ccccc1C(=O)Nc1nnc(CC(=O)N/N=C/c2ccccc2OS(=O)(=O)c2ccccc2)s1. The van der Waals surface area contributed by atoms with Crippen molar-refractivity contribution in [2.75, 3.05) is 5.32 Å². The third kappa shape index (κ3) is 6.84. The molecule has 0 aliphatic heterocycles. The number of nitrogens with one attached hydrogen (secondary N) is 2. The van der Waals surface area contributed by atoms with E-state index in [-0.39, 0.29) is 28.1 Å². The number of hydrogen-bond donors (Lipinski definition) is 2. The lowest BCUT2D eigenvalue weighted by Crippen LogP contribution is -2.19. The van der Waals surface area contributed by atoms with Crippen LogP contribution in [0.4, 0.5) is 5.13 Å². The van der Waals surface area contributed by atoms with Gasteiger partial charge in [0.05, 0.1) is 12.6 Å². The average molecular weight is 536 g/mol. The van der Waals surface area contributed by atoms with E-state index >= 15 is 0 Å². The van der Waals surface area contributed by atoms with E-state index in [9.17, 15) is 18.0 Å². The summed E-state index contributed by atoms with van der Waals surface area (Å²) in [7, 11) is -4.04. The minimum Gasteiger partial charge on any atom is -0.378 e. The maximum absolute atomic E-state index is 12.5. The number of carbonyl (C=O) groups excluding carboxylic acids is 2. The fourth-order valence-electron chi connectivity index (χ4n) is 3.13. The van der Waals surface area contributed by atoms with Gasteiger partial charge in [0.1, 0.15) is 9.90 Å². The molecule has 10 nitrogen and oxygen atoms in total. The third-order valence-electron chi connectivity index (χ3n) is 4.93. The minimum atomic E-state index is -4.04. The van der Waals surface area contributed by atoms with Crippen molar-refractivity contribution < 1.29 is 22.2 Å². The van der Waals surface area contributed by atoms with Crippen LogP contribution in [0.25, 0.3) is 0 Å². The average Bonchev–Trinajstić information content (AvgIpc) is 3.32. The van der Waals surface area contributed by atoms with Crippen LogP contribution >= 0.6 is 11.3 Å². The minimum absolute atomic E-state index is 0.0153. The molecule has 1 aromatic heterocycles. The van der Waals surface area contributed by atoms with Gasteiger partial charge in [-0.2, -0.15) is 13.5 Å². The van der Waals surface area contributed by atoms with E-state index in [0.717, 1.165) is 16.9 Å². The lowest BCUT2D eigenvalue weighted by molar-refractivity contribution is -0.120. The van der Waals surface area contributed by atoms with Gasteiger partial charge < -0.3 is 4.18 Å². The number of para-hydroxylation sites is 1. The van der Waals surface area contributed by atoms with E-state index in [1.807, 2.05) is 19.1 Å². The van der Waals surface area contributed by atoms with Crippen LogP contribution in [0, 0.1) is 6.92 Å². The molecule has 3 aromatic carbocycles. The molecule has 2 N–H and O–H groups in total. The Morgan fingerprint density at radius 3 is 2.46 bits per heavy atom. The van der Waals surface area contributed by atoms with Gasteiger partial charge in [0, 0.05) is 11.1 Å². The number of aryl methyl sites for hydroxylation is 1. The smallest absolute Gasteiger partial charge is 0.339 e. The molecule has 4 aromatic rings. The number of hydrazone groups is 1. The van der Waals surface area contributed by atoms with Gasteiger partial charge in [-0.25, -0.2) is 5.43 Å². The number of amides is 2. The Bertz CT molecular complexity index is 1550. The molecule has 12 heteroatoms. The predicted octanol–water partition coefficient (Wildman–Crippen LogP) is 3.56. The van der Waals surface area contributed by atoms with Gasteiger partial charge in [-0.05, 0) is 42.8 Å². The van der Waals surface area contributed by atoms with Gasteiger partial charge in [-0.15, -0.1) is 10.2 Å². The monoisotopic (exact) mass is 535 g/mol. The highest BCUT2D eigenvalue weighted by Crippen LogP contribution is 2.22. The second-order valence-corrected chi connectivity index (χ2v) is 10.2. The topological polar surface area (TPSA) is 140 Å². The first-order valence-electron chi connectivity index (χ1n) is 10.9. The molecule has 0 unspecified atom stereocenters. The number of anilines is 1. The zero-order valence-corrected chi connectivity index (χ0v) is 21.1. The molecular formula is C25H21N5O5S2. The van der Waals surface area contributed by atoms with Gasteiger partial charge in [0.25, 0.3) is 5.91 Å². The van der Waals surface area contributed by atoms with Crippen LogP contribution in [0.2, 0.25) is 0 Å². The predicted molar refractivity (Wildman–Crippen MR) is 139 cm³/mol. The quantitative estimate of drug-likeness (QED) is 0.190. The molecule has 0 atom stereocenters. The van der Waals surface area contributed by atoms with Gasteiger partial charge in [0.15, 0.2) is 5.75 Å². The maximum Gasteiger partial charge on any atom is 0.339 e. The summed E-state index contributed by atoms with van der Waals surface area (Å²) in [5.74, 6) is -0.730. The fourth-order valence-corrected chi connectivity index (χ4v) is 4.84. The van der Waals surface area contributed by atoms with Crippen LogP contribution in [-0.4, -0.2) is 36.6 Å². The summed E-state index contributed by atoms with van der Waals surface area (Å²) < 4.78 is 30.3. The summed E-state index contributed by atoms with van der Waals surface area (Å²) in [6.45, 7) is 1.83. The van der Waals surface area contributed by atoms with Crippen molar-refractivity contribution in [1.82, 2.24) is 15.6 Å². The molecule has 4 rings (SSSR count). The van der Waals surface area contributed by atoms with E-state index in [1.54, 1.807) is 48.5 Å². The first kappa shape index (κ1) is 25.7. The van der Waals surface area contributed by atoms with Crippen molar-refractivity contribution in [3.05, 3.63) is 101 Å². The van der Waals surface area contributed by atoms with Crippen LogP contribution < -0.4 is 14.9 Å². The Morgan fingerprint density at radius 1 is 0.973 bits per heavy atom. The standard InChI is InChI=1S/C25H21N5O5S2/c1-17-9-5-7-13-20(17)24(32)27-25-30-29-23(36-25)15-22(31)28-26-16-18-10-6-8-14-21(18)35-37(33,34)19-11-3-2-4-12-19/h2-14,16H,15H2,1H3,(H,28,31)(H,27,30,32)/b26-16+. The van der Waals surface area contributed by atoms with Gasteiger partial charge >= 0.3 is 10.1 Å². The van der Waals surface area contributed by atoms with Crippen molar-refractivity contribution in [1.29, 1.82) is 0 Å². The maximum atomic E-state index is 12.5. The molecule has 0 saturated carbocycles. The van der Waals surface area contributed by atoms with Crippen molar-refractivity contribution in [2.24, 2.45) is 5.10 Å². The third-order valence-corrected chi connectivity index (χ3v) is 7.02. The Morgan fingerprint density at radius 2 is 1.68 bits per heavy atom. The molecule has 0 spiro atoms. The molecule has 1 heterocycles. The molecular weight excluding hydrogens is 514 g/mol. The van der Waals surface area contributed by atoms with Crippen LogP contribution in [0.5, 0.6) is 5.75 Å². The van der Waals surface area contributed by atoms with E-state index in [1.165, 1.54) is 24.4 Å². The zero-order valence-electron chi connectivity index (χ0n) is 19.5. The molecule has 37 heavy (non-hydrogen) atoms. The summed E-state index contributed by atoms with van der Waals surface area (Å²) in [4.78, 5) is 24.7. The second kappa shape index (κ2) is 11.5. The number of carbonyl (C=O) groups is 2. The first-order valence-corrected chi connectivity index (χ1v) is 13.1. The number of hydrogen-bond acceptors (Lipinski definition) is 9. The Kier molecular flexibility index (Phi) is 8.01. The fraction of sp³-hybridized carbons (Fsp3) is 0.0800. The Hall–Kier alpha value is -4.42. The van der Waals surface area contributed by atoms with Crippen LogP contribution in [-0.2, 0) is 21.3 Å². The molecule has 2 amide bonds. The number of nitrogens with zero attached hydrogens (tertiary/aromatic N) is 3. The van der Waals surface area contributed by atoms with Crippen molar-refractivity contribution >= 4 is 44.6 Å². The molecule has 0 aliphatic rings. The molecule has 0 saturated heterocycles. The summed E-state index contributed by atoms with van der Waals surface area (Å²) in [5, 5.41) is 15.1. The van der Waals surface area contributed by atoms with Crippen molar-refractivity contribution in [3.63, 3.8) is 0 Å². The lowest BCUT2D eigenvalue weighted by Gasteiger charge is -2.09. The number of aromatic nitrogens is 2. The second-order valence-electron chi connectivity index (χ2n) is 7.63. The number of benzene rings is 3. The highest BCUT2D eigenvalue weighted by Gasteiger charge is 2.18. The highest BCUT2D eigenvalue weighted by molar-refractivity contribution is 7.87. The zero-order chi connectivity index (χ0) is 26.3. The largest absolute Gasteiger partial charge is 0.378 e. The normalized spacial score (nSPS) is 11.3. The summed E-state index contributed by atoms with van der Waals surface area (Å²) in [5.41, 5.74) is 4.05. The Labute approximate surface area is 217 Å². The van der Waals surface area contributed by atoms with Crippen LogP contribution in [0.15, 0.2) is 88.9 Å².